The fourth-order valence-electron chi connectivity index (χ4n) is 2.84. The minimum atomic E-state index is 0.267. The van der Waals surface area contributed by atoms with Gasteiger partial charge < -0.3 is 4.90 Å². The van der Waals surface area contributed by atoms with E-state index in [1.807, 2.05) is 6.08 Å². The molecule has 0 atom stereocenters. The lowest BCUT2D eigenvalue weighted by atomic mass is 9.83. The van der Waals surface area contributed by atoms with Gasteiger partial charge in [-0.2, -0.15) is 0 Å². The molecule has 21 heavy (non-hydrogen) atoms. The lowest BCUT2D eigenvalue weighted by molar-refractivity contribution is 0.224. The highest BCUT2D eigenvalue weighted by Crippen LogP contribution is 2.29. The van der Waals surface area contributed by atoms with Crippen molar-refractivity contribution in [2.75, 3.05) is 19.6 Å². The Morgan fingerprint density at radius 1 is 1.05 bits per heavy atom. The summed E-state index contributed by atoms with van der Waals surface area (Å²) in [6.45, 7) is 16.8. The molecule has 0 amide bonds. The van der Waals surface area contributed by atoms with Crippen LogP contribution in [0.4, 0.5) is 0 Å². The number of hydrogen-bond donors (Lipinski definition) is 0. The Bertz CT molecular complexity index is 362. The molecule has 1 aliphatic heterocycles. The molecule has 120 valence electrons. The quantitative estimate of drug-likeness (QED) is 0.426. The lowest BCUT2D eigenvalue weighted by Crippen LogP contribution is -2.30. The van der Waals surface area contributed by atoms with Crippen LogP contribution < -0.4 is 0 Å². The second-order valence-corrected chi connectivity index (χ2v) is 7.42. The van der Waals surface area contributed by atoms with Crippen LogP contribution in [0.15, 0.2) is 36.0 Å². The van der Waals surface area contributed by atoms with Crippen molar-refractivity contribution in [2.45, 2.75) is 66.2 Å². The Hall–Kier alpha value is -0.820. The van der Waals surface area contributed by atoms with E-state index in [-0.39, 0.29) is 5.41 Å². The smallest absolute Gasteiger partial charge is 0.00186 e. The molecule has 0 aromatic heterocycles. The number of piperidine rings is 1. The Kier molecular flexibility index (Phi) is 8.03. The molecule has 0 aromatic carbocycles. The summed E-state index contributed by atoms with van der Waals surface area (Å²) in [4.78, 5) is 2.64. The fourth-order valence-corrected chi connectivity index (χ4v) is 2.84. The van der Waals surface area contributed by atoms with E-state index in [0.717, 1.165) is 0 Å². The van der Waals surface area contributed by atoms with E-state index >= 15 is 0 Å². The SMILES string of the molecule is C=C/C(C)=C\C=C(/CCCCN1CCCCC1)C(C)(C)C. The third-order valence-corrected chi connectivity index (χ3v) is 4.45. The van der Waals surface area contributed by atoms with Crippen LogP contribution in [0.3, 0.4) is 0 Å². The predicted octanol–water partition coefficient (Wildman–Crippen LogP) is 5.75. The van der Waals surface area contributed by atoms with Gasteiger partial charge in [0.2, 0.25) is 0 Å². The number of allylic oxidation sites excluding steroid dienone is 5. The first-order chi connectivity index (χ1) is 9.93. The van der Waals surface area contributed by atoms with E-state index in [9.17, 15) is 0 Å². The van der Waals surface area contributed by atoms with Crippen LogP contribution in [0.5, 0.6) is 0 Å². The van der Waals surface area contributed by atoms with Gasteiger partial charge in [-0.15, -0.1) is 0 Å². The zero-order valence-corrected chi connectivity index (χ0v) is 14.8. The second kappa shape index (κ2) is 9.25. The van der Waals surface area contributed by atoms with Crippen molar-refractivity contribution in [2.24, 2.45) is 5.41 Å². The molecule has 0 aliphatic carbocycles. The van der Waals surface area contributed by atoms with Gasteiger partial charge in [-0.25, -0.2) is 0 Å². The Labute approximate surface area is 132 Å². The standard InChI is InChI=1S/C20H35N/c1-6-18(2)13-14-19(20(3,4)5)12-8-11-17-21-15-9-7-10-16-21/h6,13-14H,1,7-12,15-17H2,2-5H3/b18-13-,19-14+. The van der Waals surface area contributed by atoms with E-state index in [0.29, 0.717) is 0 Å². The van der Waals surface area contributed by atoms with Crippen molar-refractivity contribution in [3.63, 3.8) is 0 Å². The molecule has 0 bridgehead atoms. The molecule has 0 unspecified atom stereocenters. The number of hydrogen-bond acceptors (Lipinski definition) is 1. The topological polar surface area (TPSA) is 3.24 Å². The molecule has 1 heterocycles. The van der Waals surface area contributed by atoms with Gasteiger partial charge in [0.1, 0.15) is 0 Å². The van der Waals surface area contributed by atoms with E-state index < -0.39 is 0 Å². The molecule has 1 rings (SSSR count). The molecular weight excluding hydrogens is 254 g/mol. The van der Waals surface area contributed by atoms with Crippen molar-refractivity contribution >= 4 is 0 Å². The first kappa shape index (κ1) is 18.2. The zero-order chi connectivity index (χ0) is 15.7. The summed E-state index contributed by atoms with van der Waals surface area (Å²) in [7, 11) is 0. The van der Waals surface area contributed by atoms with Crippen molar-refractivity contribution in [1.82, 2.24) is 4.90 Å². The van der Waals surface area contributed by atoms with Crippen molar-refractivity contribution in [3.05, 3.63) is 36.0 Å². The molecule has 0 spiro atoms. The minimum absolute atomic E-state index is 0.267. The predicted molar refractivity (Wildman–Crippen MR) is 95.6 cm³/mol. The van der Waals surface area contributed by atoms with Gasteiger partial charge >= 0.3 is 0 Å². The van der Waals surface area contributed by atoms with Crippen LogP contribution in [0.2, 0.25) is 0 Å². The summed E-state index contributed by atoms with van der Waals surface area (Å²) in [5, 5.41) is 0. The molecule has 1 heteroatoms. The van der Waals surface area contributed by atoms with Crippen molar-refractivity contribution < 1.29 is 0 Å². The van der Waals surface area contributed by atoms with Gasteiger partial charge in [-0.3, -0.25) is 0 Å². The number of nitrogens with zero attached hydrogens (tertiary/aromatic N) is 1. The van der Waals surface area contributed by atoms with Gasteiger partial charge in [0.05, 0.1) is 0 Å². The Balaban J connectivity index is 2.41. The summed E-state index contributed by atoms with van der Waals surface area (Å²) < 4.78 is 0. The maximum Gasteiger partial charge on any atom is -0.00186 e. The van der Waals surface area contributed by atoms with Gasteiger partial charge in [-0.05, 0) is 64.1 Å². The molecular formula is C20H35N. The van der Waals surface area contributed by atoms with Crippen LogP contribution in [0, 0.1) is 5.41 Å². The van der Waals surface area contributed by atoms with E-state index in [2.05, 4.69) is 51.3 Å². The minimum Gasteiger partial charge on any atom is -0.303 e. The van der Waals surface area contributed by atoms with Crippen LogP contribution in [-0.4, -0.2) is 24.5 Å². The molecule has 0 saturated carbocycles. The second-order valence-electron chi connectivity index (χ2n) is 7.42. The van der Waals surface area contributed by atoms with Gasteiger partial charge in [0.25, 0.3) is 0 Å². The van der Waals surface area contributed by atoms with E-state index in [1.54, 1.807) is 5.57 Å². The molecule has 1 saturated heterocycles. The summed E-state index contributed by atoms with van der Waals surface area (Å²) in [6.07, 6.45) is 14.5. The van der Waals surface area contributed by atoms with Gasteiger partial charge in [0, 0.05) is 0 Å². The number of rotatable bonds is 7. The number of unbranched alkanes of at least 4 members (excludes halogenated alkanes) is 1. The Morgan fingerprint density at radius 2 is 1.71 bits per heavy atom. The normalized spacial score (nSPS) is 18.9. The lowest BCUT2D eigenvalue weighted by Gasteiger charge is -2.27. The third-order valence-electron chi connectivity index (χ3n) is 4.45. The summed E-state index contributed by atoms with van der Waals surface area (Å²) >= 11 is 0. The highest BCUT2D eigenvalue weighted by molar-refractivity contribution is 5.25. The molecule has 0 radical (unpaired) electrons. The van der Waals surface area contributed by atoms with Crippen LogP contribution in [0.1, 0.15) is 66.2 Å². The molecule has 1 aliphatic rings. The maximum atomic E-state index is 3.82. The molecule has 0 N–H and O–H groups in total. The monoisotopic (exact) mass is 289 g/mol. The highest BCUT2D eigenvalue weighted by Gasteiger charge is 2.16. The first-order valence-corrected chi connectivity index (χ1v) is 8.66. The van der Waals surface area contributed by atoms with Crippen LogP contribution >= 0.6 is 0 Å². The fraction of sp³-hybridized carbons (Fsp3) is 0.700. The molecule has 0 aromatic rings. The van der Waals surface area contributed by atoms with Crippen LogP contribution in [-0.2, 0) is 0 Å². The highest BCUT2D eigenvalue weighted by atomic mass is 15.1. The first-order valence-electron chi connectivity index (χ1n) is 8.66. The summed E-state index contributed by atoms with van der Waals surface area (Å²) in [5.74, 6) is 0. The Morgan fingerprint density at radius 3 is 2.29 bits per heavy atom. The van der Waals surface area contributed by atoms with Gasteiger partial charge in [-0.1, -0.05) is 63.1 Å². The maximum absolute atomic E-state index is 3.82. The van der Waals surface area contributed by atoms with E-state index in [1.165, 1.54) is 63.7 Å². The zero-order valence-electron chi connectivity index (χ0n) is 14.8. The van der Waals surface area contributed by atoms with Crippen LogP contribution in [0.25, 0.3) is 0 Å². The van der Waals surface area contributed by atoms with Crippen molar-refractivity contribution in [1.29, 1.82) is 0 Å². The van der Waals surface area contributed by atoms with Gasteiger partial charge in [0.15, 0.2) is 0 Å². The largest absolute Gasteiger partial charge is 0.303 e. The average Bonchev–Trinajstić information content (AvgIpc) is 2.45. The average molecular weight is 290 g/mol. The molecule has 1 nitrogen and oxygen atoms in total. The third kappa shape index (κ3) is 7.66. The van der Waals surface area contributed by atoms with Crippen molar-refractivity contribution in [3.8, 4) is 0 Å². The molecule has 1 fully saturated rings. The summed E-state index contributed by atoms with van der Waals surface area (Å²) in [6, 6.07) is 0. The summed E-state index contributed by atoms with van der Waals surface area (Å²) in [5.41, 5.74) is 3.07. The number of likely N-dealkylation sites (tertiary alicyclic amines) is 1. The van der Waals surface area contributed by atoms with E-state index in [4.69, 9.17) is 0 Å².